The minimum atomic E-state index is -0.547. The summed E-state index contributed by atoms with van der Waals surface area (Å²) >= 11 is 0. The van der Waals surface area contributed by atoms with E-state index in [1.165, 1.54) is 6.33 Å². The van der Waals surface area contributed by atoms with Crippen LogP contribution in [0.5, 0.6) is 11.5 Å². The van der Waals surface area contributed by atoms with Crippen molar-refractivity contribution in [2.75, 3.05) is 32.6 Å². The van der Waals surface area contributed by atoms with Crippen molar-refractivity contribution in [2.45, 2.75) is 26.4 Å². The van der Waals surface area contributed by atoms with E-state index in [1.807, 2.05) is 45.0 Å². The number of carbonyl (C=O) groups is 1. The highest BCUT2D eigenvalue weighted by Crippen LogP contribution is 2.32. The average molecular weight is 438 g/mol. The SMILES string of the molecule is COc1ccc(Nc2nc(C3=CCN(C(=O)OC(C)(C)C)C3)cn3ncnc23)cc1OC. The summed E-state index contributed by atoms with van der Waals surface area (Å²) in [6.07, 6.45) is 4.88. The molecule has 0 saturated heterocycles. The van der Waals surface area contributed by atoms with Crippen molar-refractivity contribution < 1.29 is 19.0 Å². The van der Waals surface area contributed by atoms with E-state index in [1.54, 1.807) is 29.8 Å². The number of anilines is 2. The number of amides is 1. The Morgan fingerprint density at radius 2 is 1.94 bits per heavy atom. The molecule has 3 aromatic rings. The Kier molecular flexibility index (Phi) is 5.60. The molecule has 10 nitrogen and oxygen atoms in total. The minimum absolute atomic E-state index is 0.353. The largest absolute Gasteiger partial charge is 0.493 e. The van der Waals surface area contributed by atoms with Crippen LogP contribution in [0.1, 0.15) is 26.5 Å². The Bertz CT molecular complexity index is 1180. The molecule has 0 atom stereocenters. The zero-order valence-corrected chi connectivity index (χ0v) is 18.7. The topological polar surface area (TPSA) is 103 Å². The highest BCUT2D eigenvalue weighted by atomic mass is 16.6. The third-order valence-electron chi connectivity index (χ3n) is 4.81. The van der Waals surface area contributed by atoms with E-state index in [2.05, 4.69) is 15.4 Å². The van der Waals surface area contributed by atoms with Gasteiger partial charge in [0.2, 0.25) is 0 Å². The molecule has 0 saturated carbocycles. The van der Waals surface area contributed by atoms with Gasteiger partial charge in [0.25, 0.3) is 0 Å². The van der Waals surface area contributed by atoms with Gasteiger partial charge in [-0.2, -0.15) is 5.10 Å². The Morgan fingerprint density at radius 1 is 1.16 bits per heavy atom. The number of hydrogen-bond donors (Lipinski definition) is 1. The summed E-state index contributed by atoms with van der Waals surface area (Å²) < 4.78 is 17.8. The molecule has 32 heavy (non-hydrogen) atoms. The molecule has 1 aromatic carbocycles. The van der Waals surface area contributed by atoms with E-state index in [0.29, 0.717) is 41.7 Å². The molecular weight excluding hydrogens is 412 g/mol. The fraction of sp³-hybridized carbons (Fsp3) is 0.364. The third-order valence-corrected chi connectivity index (χ3v) is 4.81. The summed E-state index contributed by atoms with van der Waals surface area (Å²) in [7, 11) is 3.17. The van der Waals surface area contributed by atoms with Crippen molar-refractivity contribution in [3.8, 4) is 11.5 Å². The molecule has 168 valence electrons. The molecule has 4 rings (SSSR count). The molecule has 1 N–H and O–H groups in total. The maximum absolute atomic E-state index is 12.4. The number of nitrogens with zero attached hydrogens (tertiary/aromatic N) is 5. The molecule has 1 aliphatic heterocycles. The Balaban J connectivity index is 1.60. The second kappa shape index (κ2) is 8.37. The number of benzene rings is 1. The van der Waals surface area contributed by atoms with Gasteiger partial charge in [-0.05, 0) is 38.5 Å². The molecule has 0 fully saturated rings. The Labute approximate surface area is 185 Å². The summed E-state index contributed by atoms with van der Waals surface area (Å²) in [5.74, 6) is 1.76. The molecule has 0 aliphatic carbocycles. The van der Waals surface area contributed by atoms with E-state index >= 15 is 0 Å². The highest BCUT2D eigenvalue weighted by molar-refractivity contribution is 5.78. The zero-order valence-electron chi connectivity index (χ0n) is 18.7. The molecular formula is C22H26N6O4. The lowest BCUT2D eigenvalue weighted by Crippen LogP contribution is -2.35. The van der Waals surface area contributed by atoms with Crippen LogP contribution < -0.4 is 14.8 Å². The van der Waals surface area contributed by atoms with E-state index in [9.17, 15) is 4.79 Å². The fourth-order valence-electron chi connectivity index (χ4n) is 3.32. The van der Waals surface area contributed by atoms with Crippen molar-refractivity contribution in [2.24, 2.45) is 0 Å². The van der Waals surface area contributed by atoms with E-state index < -0.39 is 5.60 Å². The van der Waals surface area contributed by atoms with Crippen LogP contribution in [0.15, 0.2) is 36.8 Å². The third kappa shape index (κ3) is 4.43. The van der Waals surface area contributed by atoms with Crippen LogP contribution in [0.2, 0.25) is 0 Å². The minimum Gasteiger partial charge on any atom is -0.493 e. The maximum Gasteiger partial charge on any atom is 0.410 e. The lowest BCUT2D eigenvalue weighted by molar-refractivity contribution is 0.0306. The molecule has 0 bridgehead atoms. The summed E-state index contributed by atoms with van der Waals surface area (Å²) in [6, 6.07) is 5.49. The monoisotopic (exact) mass is 438 g/mol. The lowest BCUT2D eigenvalue weighted by Gasteiger charge is -2.24. The smallest absolute Gasteiger partial charge is 0.410 e. The van der Waals surface area contributed by atoms with Crippen LogP contribution in [0.3, 0.4) is 0 Å². The summed E-state index contributed by atoms with van der Waals surface area (Å²) in [6.45, 7) is 6.41. The van der Waals surface area contributed by atoms with Gasteiger partial charge in [-0.1, -0.05) is 6.08 Å². The molecule has 1 amide bonds. The number of carbonyl (C=O) groups excluding carboxylic acids is 1. The molecule has 2 aromatic heterocycles. The van der Waals surface area contributed by atoms with Crippen LogP contribution in [-0.2, 0) is 4.74 Å². The average Bonchev–Trinajstić information content (AvgIpc) is 3.42. The van der Waals surface area contributed by atoms with Gasteiger partial charge in [-0.25, -0.2) is 19.3 Å². The highest BCUT2D eigenvalue weighted by Gasteiger charge is 2.27. The second-order valence-corrected chi connectivity index (χ2v) is 8.29. The predicted molar refractivity (Wildman–Crippen MR) is 119 cm³/mol. The first kappa shape index (κ1) is 21.4. The lowest BCUT2D eigenvalue weighted by atomic mass is 10.2. The van der Waals surface area contributed by atoms with Crippen LogP contribution in [0, 0.1) is 0 Å². The first-order valence-electron chi connectivity index (χ1n) is 10.1. The summed E-state index contributed by atoms with van der Waals surface area (Å²) in [4.78, 5) is 23.1. The normalized spacial score (nSPS) is 13.8. The molecule has 0 radical (unpaired) electrons. The summed E-state index contributed by atoms with van der Waals surface area (Å²) in [5, 5.41) is 7.55. The standard InChI is InChI=1S/C22H26N6O4/c1-22(2,3)32-21(29)27-9-8-14(11-27)16-12-28-20(23-13-24-28)19(26-16)25-15-6-7-17(30-4)18(10-15)31-5/h6-8,10,12-13H,9,11H2,1-5H3,(H,25,26). The molecule has 10 heteroatoms. The van der Waals surface area contributed by atoms with Gasteiger partial charge in [-0.3, -0.25) is 0 Å². The van der Waals surface area contributed by atoms with Crippen LogP contribution >= 0.6 is 0 Å². The van der Waals surface area contributed by atoms with Crippen molar-refractivity contribution in [1.29, 1.82) is 0 Å². The van der Waals surface area contributed by atoms with Crippen molar-refractivity contribution >= 4 is 28.8 Å². The number of methoxy groups -OCH3 is 2. The number of fused-ring (bicyclic) bond motifs is 1. The fourth-order valence-corrected chi connectivity index (χ4v) is 3.32. The van der Waals surface area contributed by atoms with Gasteiger partial charge in [0.05, 0.1) is 32.7 Å². The van der Waals surface area contributed by atoms with E-state index in [0.717, 1.165) is 11.3 Å². The first-order valence-corrected chi connectivity index (χ1v) is 10.1. The van der Waals surface area contributed by atoms with Gasteiger partial charge in [0.15, 0.2) is 23.0 Å². The van der Waals surface area contributed by atoms with Gasteiger partial charge in [-0.15, -0.1) is 0 Å². The van der Waals surface area contributed by atoms with Crippen molar-refractivity contribution in [1.82, 2.24) is 24.5 Å². The quantitative estimate of drug-likeness (QED) is 0.645. The Hall–Kier alpha value is -3.82. The van der Waals surface area contributed by atoms with Crippen molar-refractivity contribution in [3.63, 3.8) is 0 Å². The van der Waals surface area contributed by atoms with E-state index in [4.69, 9.17) is 19.2 Å². The number of ether oxygens (including phenoxy) is 3. The number of nitrogens with one attached hydrogen (secondary N) is 1. The summed E-state index contributed by atoms with van der Waals surface area (Å²) in [5.41, 5.74) is 2.38. The number of aromatic nitrogens is 4. The first-order chi connectivity index (χ1) is 15.3. The zero-order chi connectivity index (χ0) is 22.9. The van der Waals surface area contributed by atoms with Crippen molar-refractivity contribution in [3.05, 3.63) is 42.5 Å². The van der Waals surface area contributed by atoms with Crippen LogP contribution in [0.4, 0.5) is 16.3 Å². The Morgan fingerprint density at radius 3 is 2.66 bits per heavy atom. The number of hydrogen-bond acceptors (Lipinski definition) is 8. The maximum atomic E-state index is 12.4. The van der Waals surface area contributed by atoms with Gasteiger partial charge in [0, 0.05) is 18.3 Å². The van der Waals surface area contributed by atoms with Crippen LogP contribution in [0.25, 0.3) is 11.2 Å². The number of rotatable bonds is 5. The molecule has 0 spiro atoms. The van der Waals surface area contributed by atoms with Crippen LogP contribution in [-0.4, -0.2) is 63.5 Å². The second-order valence-electron chi connectivity index (χ2n) is 8.29. The molecule has 3 heterocycles. The van der Waals surface area contributed by atoms with Gasteiger partial charge < -0.3 is 24.4 Å². The molecule has 0 unspecified atom stereocenters. The van der Waals surface area contributed by atoms with Gasteiger partial charge in [0.1, 0.15) is 11.9 Å². The predicted octanol–water partition coefficient (Wildman–Crippen LogP) is 3.52. The van der Waals surface area contributed by atoms with Gasteiger partial charge >= 0.3 is 6.09 Å². The van der Waals surface area contributed by atoms with E-state index in [-0.39, 0.29) is 6.09 Å². The molecule has 1 aliphatic rings.